The Balaban J connectivity index is 0.00000484. The molecule has 3 N–H and O–H groups in total. The van der Waals surface area contributed by atoms with Gasteiger partial charge in [0.2, 0.25) is 5.89 Å². The van der Waals surface area contributed by atoms with E-state index in [0.717, 1.165) is 31.9 Å². The number of hydrogen-bond acceptors (Lipinski definition) is 5. The largest absolute Gasteiger partial charge is 0.396 e. The Kier molecular flexibility index (Phi) is 12.0. The number of hydrogen-bond donors (Lipinski definition) is 3. The van der Waals surface area contributed by atoms with Crippen molar-refractivity contribution in [1.82, 2.24) is 20.8 Å². The highest BCUT2D eigenvalue weighted by atomic mass is 127. The molecule has 1 heterocycles. The summed E-state index contributed by atoms with van der Waals surface area (Å²) in [5.41, 5.74) is 0. The Morgan fingerprint density at radius 2 is 2.09 bits per heavy atom. The minimum atomic E-state index is 0. The maximum atomic E-state index is 9.17. The third-order valence-corrected chi connectivity index (χ3v) is 3.19. The normalized spacial score (nSPS) is 12.9. The number of rotatable bonds is 9. The van der Waals surface area contributed by atoms with Crippen molar-refractivity contribution in [3.8, 4) is 0 Å². The molecule has 1 aromatic rings. The van der Waals surface area contributed by atoms with E-state index in [1.807, 2.05) is 6.92 Å². The Morgan fingerprint density at radius 1 is 1.35 bits per heavy atom. The van der Waals surface area contributed by atoms with Gasteiger partial charge in [-0.15, -0.1) is 24.0 Å². The predicted molar refractivity (Wildman–Crippen MR) is 102 cm³/mol. The van der Waals surface area contributed by atoms with Gasteiger partial charge in [-0.2, -0.15) is 4.98 Å². The Bertz CT molecular complexity index is 451. The van der Waals surface area contributed by atoms with Gasteiger partial charge < -0.3 is 20.3 Å². The summed E-state index contributed by atoms with van der Waals surface area (Å²) in [5.74, 6) is 2.88. The van der Waals surface area contributed by atoms with Crippen molar-refractivity contribution in [3.63, 3.8) is 0 Å². The van der Waals surface area contributed by atoms with Crippen LogP contribution in [0.4, 0.5) is 0 Å². The summed E-state index contributed by atoms with van der Waals surface area (Å²) < 4.78 is 5.05. The summed E-state index contributed by atoms with van der Waals surface area (Å²) in [6.45, 7) is 10.3. The van der Waals surface area contributed by atoms with Crippen molar-refractivity contribution in [2.45, 2.75) is 47.1 Å². The van der Waals surface area contributed by atoms with Crippen molar-refractivity contribution >= 4 is 29.9 Å². The van der Waals surface area contributed by atoms with Gasteiger partial charge in [-0.3, -0.25) is 0 Å². The van der Waals surface area contributed by atoms with E-state index in [4.69, 9.17) is 4.52 Å². The predicted octanol–water partition coefficient (Wildman–Crippen LogP) is 2.10. The summed E-state index contributed by atoms with van der Waals surface area (Å²) in [7, 11) is 0. The molecule has 23 heavy (non-hydrogen) atoms. The summed E-state index contributed by atoms with van der Waals surface area (Å²) in [6, 6.07) is 0. The lowest BCUT2D eigenvalue weighted by Gasteiger charge is -2.20. The second-order valence-corrected chi connectivity index (χ2v) is 5.82. The lowest BCUT2D eigenvalue weighted by Crippen LogP contribution is -2.40. The zero-order valence-corrected chi connectivity index (χ0v) is 16.8. The SMILES string of the molecule is CCNC(=NCc1nc(C)no1)NCC(CCO)CC(C)C.I. The number of aromatic nitrogens is 2. The Hall–Kier alpha value is -0.900. The van der Waals surface area contributed by atoms with Gasteiger partial charge in [0.15, 0.2) is 11.8 Å². The summed E-state index contributed by atoms with van der Waals surface area (Å²) >= 11 is 0. The van der Waals surface area contributed by atoms with E-state index in [9.17, 15) is 5.11 Å². The van der Waals surface area contributed by atoms with Crippen LogP contribution in [0.3, 0.4) is 0 Å². The molecule has 1 aromatic heterocycles. The maximum Gasteiger partial charge on any atom is 0.248 e. The van der Waals surface area contributed by atoms with Crippen molar-refractivity contribution in [1.29, 1.82) is 0 Å². The van der Waals surface area contributed by atoms with E-state index in [0.29, 0.717) is 30.1 Å². The number of nitrogens with zero attached hydrogens (tertiary/aromatic N) is 3. The molecule has 0 saturated carbocycles. The van der Waals surface area contributed by atoms with Gasteiger partial charge in [0.1, 0.15) is 6.54 Å². The fraction of sp³-hybridized carbons (Fsp3) is 0.800. The van der Waals surface area contributed by atoms with Crippen molar-refractivity contribution < 1.29 is 9.63 Å². The summed E-state index contributed by atoms with van der Waals surface area (Å²) in [5, 5.41) is 19.4. The fourth-order valence-electron chi connectivity index (χ4n) is 2.29. The van der Waals surface area contributed by atoms with Crippen LogP contribution in [0.2, 0.25) is 0 Å². The van der Waals surface area contributed by atoms with Crippen LogP contribution < -0.4 is 10.6 Å². The molecule has 0 bridgehead atoms. The highest BCUT2D eigenvalue weighted by Crippen LogP contribution is 2.14. The van der Waals surface area contributed by atoms with Crippen LogP contribution in [0.25, 0.3) is 0 Å². The second kappa shape index (κ2) is 12.5. The van der Waals surface area contributed by atoms with Crippen LogP contribution in [0.5, 0.6) is 0 Å². The molecule has 0 aliphatic carbocycles. The molecule has 0 saturated heterocycles. The van der Waals surface area contributed by atoms with Crippen LogP contribution in [-0.4, -0.2) is 40.9 Å². The molecular weight excluding hydrogens is 409 g/mol. The third kappa shape index (κ3) is 9.75. The van der Waals surface area contributed by atoms with Gasteiger partial charge in [-0.25, -0.2) is 4.99 Å². The van der Waals surface area contributed by atoms with Gasteiger partial charge >= 0.3 is 0 Å². The molecule has 0 amide bonds. The average Bonchev–Trinajstić information content (AvgIpc) is 2.87. The van der Waals surface area contributed by atoms with E-state index in [2.05, 4.69) is 39.6 Å². The highest BCUT2D eigenvalue weighted by Gasteiger charge is 2.11. The van der Waals surface area contributed by atoms with Crippen LogP contribution in [0, 0.1) is 18.8 Å². The first-order valence-corrected chi connectivity index (χ1v) is 7.97. The Morgan fingerprint density at radius 3 is 2.61 bits per heavy atom. The monoisotopic (exact) mass is 439 g/mol. The zero-order valence-electron chi connectivity index (χ0n) is 14.5. The van der Waals surface area contributed by atoms with Gasteiger partial charge in [-0.05, 0) is 38.5 Å². The van der Waals surface area contributed by atoms with Crippen LogP contribution in [0.1, 0.15) is 45.3 Å². The zero-order chi connectivity index (χ0) is 16.4. The first kappa shape index (κ1) is 22.1. The molecule has 134 valence electrons. The number of aliphatic hydroxyl groups is 1. The molecule has 1 rings (SSSR count). The lowest BCUT2D eigenvalue weighted by atomic mass is 9.94. The topological polar surface area (TPSA) is 95.6 Å². The number of halogens is 1. The van der Waals surface area contributed by atoms with Gasteiger partial charge in [0, 0.05) is 19.7 Å². The number of aliphatic hydroxyl groups excluding tert-OH is 1. The molecule has 1 unspecified atom stereocenters. The molecule has 0 aromatic carbocycles. The standard InChI is InChI=1S/C15H29N5O2.HI/c1-5-16-15(18-10-14-19-12(4)20-22-14)17-9-13(6-7-21)8-11(2)3;/h11,13,21H,5-10H2,1-4H3,(H2,16,17,18);1H. The van der Waals surface area contributed by atoms with E-state index < -0.39 is 0 Å². The van der Waals surface area contributed by atoms with Crippen molar-refractivity contribution in [2.24, 2.45) is 16.8 Å². The molecule has 8 heteroatoms. The van der Waals surface area contributed by atoms with Crippen molar-refractivity contribution in [3.05, 3.63) is 11.7 Å². The molecular formula is C15H30IN5O2. The number of nitrogens with one attached hydrogen (secondary N) is 2. The smallest absolute Gasteiger partial charge is 0.248 e. The molecule has 0 fully saturated rings. The Labute approximate surface area is 155 Å². The minimum Gasteiger partial charge on any atom is -0.396 e. The molecule has 1 atom stereocenters. The minimum absolute atomic E-state index is 0. The quantitative estimate of drug-likeness (QED) is 0.310. The maximum absolute atomic E-state index is 9.17. The summed E-state index contributed by atoms with van der Waals surface area (Å²) in [4.78, 5) is 8.58. The third-order valence-electron chi connectivity index (χ3n) is 3.19. The number of guanidine groups is 1. The molecule has 0 spiro atoms. The van der Waals surface area contributed by atoms with Gasteiger partial charge in [0.25, 0.3) is 0 Å². The second-order valence-electron chi connectivity index (χ2n) is 5.82. The average molecular weight is 439 g/mol. The molecule has 0 radical (unpaired) electrons. The molecule has 0 aliphatic rings. The van der Waals surface area contributed by atoms with E-state index in [1.165, 1.54) is 0 Å². The fourth-order valence-corrected chi connectivity index (χ4v) is 2.29. The van der Waals surface area contributed by atoms with Gasteiger partial charge in [-0.1, -0.05) is 19.0 Å². The first-order valence-electron chi connectivity index (χ1n) is 7.97. The van der Waals surface area contributed by atoms with Crippen LogP contribution in [-0.2, 0) is 6.54 Å². The van der Waals surface area contributed by atoms with Crippen molar-refractivity contribution in [2.75, 3.05) is 19.7 Å². The van der Waals surface area contributed by atoms with E-state index >= 15 is 0 Å². The van der Waals surface area contributed by atoms with E-state index in [1.54, 1.807) is 6.92 Å². The molecule has 7 nitrogen and oxygen atoms in total. The number of aryl methyl sites for hydroxylation is 1. The summed E-state index contributed by atoms with van der Waals surface area (Å²) in [6.07, 6.45) is 1.88. The lowest BCUT2D eigenvalue weighted by molar-refractivity contribution is 0.243. The molecule has 0 aliphatic heterocycles. The van der Waals surface area contributed by atoms with Crippen LogP contribution >= 0.6 is 24.0 Å². The van der Waals surface area contributed by atoms with Crippen LogP contribution in [0.15, 0.2) is 9.52 Å². The highest BCUT2D eigenvalue weighted by molar-refractivity contribution is 14.0. The van der Waals surface area contributed by atoms with Gasteiger partial charge in [0.05, 0.1) is 0 Å². The number of aliphatic imine (C=N–C) groups is 1. The van der Waals surface area contributed by atoms with E-state index in [-0.39, 0.29) is 30.6 Å². The first-order chi connectivity index (χ1) is 10.5.